The Labute approximate surface area is 157 Å². The molecule has 0 aromatic rings. The molecule has 4 unspecified atom stereocenters. The molecule has 158 valence electrons. The number of aliphatic hydroxyl groups excluding tert-OH is 5. The quantitative estimate of drug-likeness (QED) is 0.316. The van der Waals surface area contributed by atoms with Crippen molar-refractivity contribution in [1.82, 2.24) is 0 Å². The van der Waals surface area contributed by atoms with Crippen LogP contribution in [0.25, 0.3) is 0 Å². The fourth-order valence-electron chi connectivity index (χ4n) is 3.47. The Balaban J connectivity index is 2.24. The van der Waals surface area contributed by atoms with Gasteiger partial charge in [-0.1, -0.05) is 27.7 Å². The van der Waals surface area contributed by atoms with Crippen molar-refractivity contribution in [2.45, 2.75) is 82.8 Å². The van der Waals surface area contributed by atoms with Gasteiger partial charge in [-0.05, 0) is 5.41 Å². The topological polar surface area (TPSA) is 166 Å². The van der Waals surface area contributed by atoms with Crippen LogP contribution in [0.2, 0.25) is 0 Å². The molecular formula is C17H30O10. The second-order valence-electron chi connectivity index (χ2n) is 8.33. The summed E-state index contributed by atoms with van der Waals surface area (Å²) in [4.78, 5) is 11.7. The predicted molar refractivity (Wildman–Crippen MR) is 89.6 cm³/mol. The number of ether oxygens (including phenoxy) is 3. The number of aliphatic carboxylic acids is 1. The lowest BCUT2D eigenvalue weighted by molar-refractivity contribution is -0.331. The van der Waals surface area contributed by atoms with Crippen LogP contribution in [0, 0.1) is 11.3 Å². The highest BCUT2D eigenvalue weighted by Crippen LogP contribution is 2.36. The molecule has 2 fully saturated rings. The summed E-state index contributed by atoms with van der Waals surface area (Å²) in [5.41, 5.74) is -0.643. The van der Waals surface area contributed by atoms with E-state index in [0.29, 0.717) is 0 Å². The molecule has 10 atom stereocenters. The Morgan fingerprint density at radius 3 is 2.07 bits per heavy atom. The third-order valence-electron chi connectivity index (χ3n) is 5.16. The molecule has 2 aliphatic rings. The molecular weight excluding hydrogens is 364 g/mol. The van der Waals surface area contributed by atoms with Gasteiger partial charge in [-0.15, -0.1) is 0 Å². The Kier molecular flexibility index (Phi) is 6.86. The fourth-order valence-corrected chi connectivity index (χ4v) is 3.47. The van der Waals surface area contributed by atoms with Crippen molar-refractivity contribution in [2.75, 3.05) is 6.61 Å². The van der Waals surface area contributed by atoms with Gasteiger partial charge < -0.3 is 44.8 Å². The molecule has 0 spiro atoms. The summed E-state index contributed by atoms with van der Waals surface area (Å²) in [6, 6.07) is 0. The third-order valence-corrected chi connectivity index (χ3v) is 5.16. The van der Waals surface area contributed by atoms with E-state index >= 15 is 0 Å². The lowest BCUT2D eigenvalue weighted by Gasteiger charge is -2.48. The normalized spacial score (nSPS) is 46.3. The molecule has 0 amide bonds. The van der Waals surface area contributed by atoms with Crippen molar-refractivity contribution in [3.63, 3.8) is 0 Å². The maximum atomic E-state index is 11.7. The number of aliphatic hydroxyl groups is 5. The van der Waals surface area contributed by atoms with Gasteiger partial charge in [-0.2, -0.15) is 0 Å². The van der Waals surface area contributed by atoms with Gasteiger partial charge in [0, 0.05) is 5.92 Å². The standard InChI is InChI=1S/C17H30O10/c1-6-8(19)9(20)7(5-18)25-16(6)27-12-10(21)11(22)14(17(2,3)4)26-13(12)15(23)24/h6-14,16,18-22H,5H2,1-4H3,(H,23,24)/t6-,7?,8?,9+,10+,11?,12-,13?,14+,16-/m0/s1. The van der Waals surface area contributed by atoms with Crippen molar-refractivity contribution in [3.05, 3.63) is 0 Å². The lowest BCUT2D eigenvalue weighted by Crippen LogP contribution is -2.65. The number of carbonyl (C=O) groups is 1. The molecule has 0 bridgehead atoms. The summed E-state index contributed by atoms with van der Waals surface area (Å²) in [5.74, 6) is -2.18. The Hall–Kier alpha value is -0.850. The van der Waals surface area contributed by atoms with Crippen LogP contribution in [0.15, 0.2) is 0 Å². The van der Waals surface area contributed by atoms with Gasteiger partial charge in [0.2, 0.25) is 0 Å². The van der Waals surface area contributed by atoms with E-state index in [1.54, 1.807) is 20.8 Å². The number of carboxylic acid groups (broad SMARTS) is 1. The van der Waals surface area contributed by atoms with E-state index in [0.717, 1.165) is 0 Å². The molecule has 10 nitrogen and oxygen atoms in total. The minimum absolute atomic E-state index is 0.592. The second kappa shape index (κ2) is 8.26. The molecule has 2 rings (SSSR count). The maximum absolute atomic E-state index is 11.7. The van der Waals surface area contributed by atoms with E-state index in [4.69, 9.17) is 14.2 Å². The highest BCUT2D eigenvalue weighted by Gasteiger charge is 2.53. The van der Waals surface area contributed by atoms with Crippen LogP contribution < -0.4 is 0 Å². The molecule has 0 radical (unpaired) electrons. The minimum atomic E-state index is -1.59. The highest BCUT2D eigenvalue weighted by molar-refractivity contribution is 5.73. The fraction of sp³-hybridized carbons (Fsp3) is 0.941. The minimum Gasteiger partial charge on any atom is -0.479 e. The number of hydrogen-bond donors (Lipinski definition) is 6. The van der Waals surface area contributed by atoms with Gasteiger partial charge in [0.05, 0.1) is 18.8 Å². The summed E-state index contributed by atoms with van der Waals surface area (Å²) in [5, 5.41) is 59.7. The molecule has 0 saturated carbocycles. The molecule has 6 N–H and O–H groups in total. The van der Waals surface area contributed by atoms with E-state index < -0.39 is 79.0 Å². The Morgan fingerprint density at radius 1 is 1.00 bits per heavy atom. The Morgan fingerprint density at radius 2 is 1.59 bits per heavy atom. The van der Waals surface area contributed by atoms with Gasteiger partial charge in [0.25, 0.3) is 0 Å². The average molecular weight is 394 g/mol. The SMILES string of the molecule is C[C@H]1C(O)[C@H](O)C(CO)O[C@H]1O[C@@H]1C(C(=O)O)O[C@@H](C(C)(C)C)C(O)[C@H]1O. The molecule has 10 heteroatoms. The first-order valence-electron chi connectivity index (χ1n) is 8.92. The van der Waals surface area contributed by atoms with Crippen molar-refractivity contribution >= 4 is 5.97 Å². The van der Waals surface area contributed by atoms with E-state index in [1.165, 1.54) is 6.92 Å². The van der Waals surface area contributed by atoms with Gasteiger partial charge in [0.15, 0.2) is 12.4 Å². The molecule has 0 aromatic heterocycles. The van der Waals surface area contributed by atoms with Crippen molar-refractivity contribution in [3.8, 4) is 0 Å². The van der Waals surface area contributed by atoms with Crippen molar-refractivity contribution in [2.24, 2.45) is 11.3 Å². The zero-order chi connectivity index (χ0) is 20.7. The van der Waals surface area contributed by atoms with Gasteiger partial charge >= 0.3 is 5.97 Å². The zero-order valence-electron chi connectivity index (χ0n) is 15.8. The van der Waals surface area contributed by atoms with Crippen LogP contribution in [0.4, 0.5) is 0 Å². The molecule has 2 saturated heterocycles. The van der Waals surface area contributed by atoms with Crippen molar-refractivity contribution < 1.29 is 49.6 Å². The van der Waals surface area contributed by atoms with E-state index in [1.807, 2.05) is 0 Å². The first kappa shape index (κ1) is 22.4. The van der Waals surface area contributed by atoms with E-state index in [-0.39, 0.29) is 0 Å². The van der Waals surface area contributed by atoms with Crippen LogP contribution >= 0.6 is 0 Å². The zero-order valence-corrected chi connectivity index (χ0v) is 15.8. The number of hydrogen-bond acceptors (Lipinski definition) is 9. The largest absolute Gasteiger partial charge is 0.479 e. The summed E-state index contributed by atoms with van der Waals surface area (Å²) >= 11 is 0. The predicted octanol–water partition coefficient (Wildman–Crippen LogP) is -1.93. The van der Waals surface area contributed by atoms with Crippen molar-refractivity contribution in [1.29, 1.82) is 0 Å². The van der Waals surface area contributed by atoms with E-state index in [2.05, 4.69) is 0 Å². The molecule has 27 heavy (non-hydrogen) atoms. The van der Waals surface area contributed by atoms with Crippen LogP contribution in [0.3, 0.4) is 0 Å². The second-order valence-corrected chi connectivity index (χ2v) is 8.33. The molecule has 2 heterocycles. The highest BCUT2D eigenvalue weighted by atomic mass is 16.7. The van der Waals surface area contributed by atoms with Crippen LogP contribution in [0.5, 0.6) is 0 Å². The monoisotopic (exact) mass is 394 g/mol. The van der Waals surface area contributed by atoms with Crippen LogP contribution in [-0.2, 0) is 19.0 Å². The Bertz CT molecular complexity index is 518. The van der Waals surface area contributed by atoms with Gasteiger partial charge in [-0.25, -0.2) is 4.79 Å². The number of carboxylic acids is 1. The van der Waals surface area contributed by atoms with Crippen LogP contribution in [0.1, 0.15) is 27.7 Å². The summed E-state index contributed by atoms with van der Waals surface area (Å²) in [6.45, 7) is 6.13. The summed E-state index contributed by atoms with van der Waals surface area (Å²) in [7, 11) is 0. The molecule has 2 aliphatic heterocycles. The van der Waals surface area contributed by atoms with Gasteiger partial charge in [-0.3, -0.25) is 0 Å². The van der Waals surface area contributed by atoms with E-state index in [9.17, 15) is 35.4 Å². The van der Waals surface area contributed by atoms with Crippen LogP contribution in [-0.4, -0.2) is 98.3 Å². The summed E-state index contributed by atoms with van der Waals surface area (Å²) in [6.07, 6.45) is -12.0. The first-order chi connectivity index (χ1) is 12.4. The first-order valence-corrected chi connectivity index (χ1v) is 8.92. The third kappa shape index (κ3) is 4.43. The average Bonchev–Trinajstić information content (AvgIpc) is 2.57. The number of rotatable bonds is 4. The summed E-state index contributed by atoms with van der Waals surface area (Å²) < 4.78 is 16.5. The molecule has 0 aromatic carbocycles. The lowest BCUT2D eigenvalue weighted by atomic mass is 9.80. The van der Waals surface area contributed by atoms with Gasteiger partial charge in [0.1, 0.15) is 30.5 Å². The maximum Gasteiger partial charge on any atom is 0.335 e. The molecule has 0 aliphatic carbocycles. The smallest absolute Gasteiger partial charge is 0.335 e.